The second-order valence-corrected chi connectivity index (χ2v) is 6.83. The van der Waals surface area contributed by atoms with E-state index in [1.54, 1.807) is 0 Å². The van der Waals surface area contributed by atoms with Gasteiger partial charge in [0, 0.05) is 17.6 Å². The number of para-hydroxylation sites is 2. The maximum atomic E-state index is 2.55. The molecule has 1 fully saturated rings. The molecule has 0 aromatic heterocycles. The van der Waals surface area contributed by atoms with Crippen LogP contribution in [-0.2, 0) is 0 Å². The minimum Gasteiger partial charge on any atom is -0.355 e. The Bertz CT molecular complexity index is 717. The molecule has 2 aliphatic rings. The van der Waals surface area contributed by atoms with Gasteiger partial charge in [0.25, 0.3) is 0 Å². The molecule has 1 saturated heterocycles. The largest absolute Gasteiger partial charge is 0.355 e. The van der Waals surface area contributed by atoms with Gasteiger partial charge in [0.1, 0.15) is 0 Å². The number of anilines is 2. The lowest BCUT2D eigenvalue weighted by atomic mass is 9.92. The SMILES string of the molecule is Cc1ccccc1N1C2C=CN(c3ccccc3)C(C)(C)[C@@H]21. The van der Waals surface area contributed by atoms with E-state index in [2.05, 4.69) is 97.4 Å². The number of hydrogen-bond acceptors (Lipinski definition) is 2. The lowest BCUT2D eigenvalue weighted by Crippen LogP contribution is -2.48. The van der Waals surface area contributed by atoms with E-state index >= 15 is 0 Å². The van der Waals surface area contributed by atoms with Crippen LogP contribution in [0.5, 0.6) is 0 Å². The minimum absolute atomic E-state index is 0.0725. The monoisotopic (exact) mass is 290 g/mol. The van der Waals surface area contributed by atoms with E-state index in [1.807, 2.05) is 0 Å². The molecule has 2 atom stereocenters. The van der Waals surface area contributed by atoms with Crippen LogP contribution in [0.1, 0.15) is 19.4 Å². The maximum absolute atomic E-state index is 2.55. The molecule has 0 radical (unpaired) electrons. The van der Waals surface area contributed by atoms with Crippen molar-refractivity contribution < 1.29 is 0 Å². The quantitative estimate of drug-likeness (QED) is 0.758. The van der Waals surface area contributed by atoms with E-state index < -0.39 is 0 Å². The molecule has 2 heterocycles. The van der Waals surface area contributed by atoms with E-state index in [4.69, 9.17) is 0 Å². The van der Waals surface area contributed by atoms with Gasteiger partial charge in [-0.15, -0.1) is 0 Å². The van der Waals surface area contributed by atoms with Gasteiger partial charge in [-0.1, -0.05) is 36.4 Å². The first-order valence-electron chi connectivity index (χ1n) is 7.97. The summed E-state index contributed by atoms with van der Waals surface area (Å²) < 4.78 is 0. The molecule has 0 bridgehead atoms. The van der Waals surface area contributed by atoms with Gasteiger partial charge in [0.2, 0.25) is 0 Å². The molecule has 0 amide bonds. The molecule has 2 aliphatic heterocycles. The number of aryl methyl sites for hydroxylation is 1. The van der Waals surface area contributed by atoms with Gasteiger partial charge in [-0.25, -0.2) is 0 Å². The average molecular weight is 290 g/mol. The fraction of sp³-hybridized carbons (Fsp3) is 0.300. The molecule has 112 valence electrons. The summed E-state index contributed by atoms with van der Waals surface area (Å²) in [6, 6.07) is 20.4. The zero-order valence-electron chi connectivity index (χ0n) is 13.4. The van der Waals surface area contributed by atoms with Gasteiger partial charge >= 0.3 is 0 Å². The standard InChI is InChI=1S/C20H22N2/c1-15-9-7-8-12-17(15)22-18-13-14-21(20(2,3)19(18)22)16-10-5-4-6-11-16/h4-14,18-19H,1-3H3/t18?,19-,22?/m1/s1. The summed E-state index contributed by atoms with van der Waals surface area (Å²) in [5.74, 6) is 0. The smallest absolute Gasteiger partial charge is 0.0767 e. The lowest BCUT2D eigenvalue weighted by Gasteiger charge is -2.39. The van der Waals surface area contributed by atoms with Crippen molar-refractivity contribution in [3.8, 4) is 0 Å². The molecule has 0 aliphatic carbocycles. The Kier molecular flexibility index (Phi) is 2.83. The lowest BCUT2D eigenvalue weighted by molar-refractivity contribution is 0.482. The number of benzene rings is 2. The van der Waals surface area contributed by atoms with Crippen LogP contribution in [0.4, 0.5) is 11.4 Å². The second-order valence-electron chi connectivity index (χ2n) is 6.83. The minimum atomic E-state index is 0.0725. The summed E-state index contributed by atoms with van der Waals surface area (Å²) >= 11 is 0. The fourth-order valence-corrected chi connectivity index (χ4v) is 3.89. The Morgan fingerprint density at radius 3 is 2.32 bits per heavy atom. The highest BCUT2D eigenvalue weighted by molar-refractivity contribution is 5.68. The van der Waals surface area contributed by atoms with Gasteiger partial charge in [0.05, 0.1) is 17.6 Å². The van der Waals surface area contributed by atoms with Crippen LogP contribution in [0.15, 0.2) is 66.9 Å². The van der Waals surface area contributed by atoms with Crippen molar-refractivity contribution in [3.05, 3.63) is 72.4 Å². The first kappa shape index (κ1) is 13.4. The third-order valence-electron chi connectivity index (χ3n) is 5.06. The highest BCUT2D eigenvalue weighted by Gasteiger charge is 2.58. The number of hydrogen-bond donors (Lipinski definition) is 0. The van der Waals surface area contributed by atoms with Crippen LogP contribution in [0, 0.1) is 6.92 Å². The first-order chi connectivity index (χ1) is 10.6. The Morgan fingerprint density at radius 2 is 1.59 bits per heavy atom. The third-order valence-corrected chi connectivity index (χ3v) is 5.06. The van der Waals surface area contributed by atoms with Crippen molar-refractivity contribution in [1.82, 2.24) is 0 Å². The fourth-order valence-electron chi connectivity index (χ4n) is 3.89. The summed E-state index contributed by atoms with van der Waals surface area (Å²) in [7, 11) is 0. The molecular weight excluding hydrogens is 268 g/mol. The number of rotatable bonds is 2. The van der Waals surface area contributed by atoms with Crippen molar-refractivity contribution in [1.29, 1.82) is 0 Å². The predicted octanol–water partition coefficient (Wildman–Crippen LogP) is 4.36. The van der Waals surface area contributed by atoms with Crippen LogP contribution in [0.3, 0.4) is 0 Å². The Morgan fingerprint density at radius 1 is 0.909 bits per heavy atom. The summed E-state index contributed by atoms with van der Waals surface area (Å²) in [5, 5.41) is 0. The average Bonchev–Trinajstić information content (AvgIpc) is 3.24. The molecule has 2 heteroatoms. The predicted molar refractivity (Wildman–Crippen MR) is 93.4 cm³/mol. The molecule has 22 heavy (non-hydrogen) atoms. The summed E-state index contributed by atoms with van der Waals surface area (Å²) in [6.07, 6.45) is 4.60. The summed E-state index contributed by atoms with van der Waals surface area (Å²) in [6.45, 7) is 6.89. The molecule has 2 nitrogen and oxygen atoms in total. The number of nitrogens with zero attached hydrogens (tertiary/aromatic N) is 2. The third kappa shape index (κ3) is 1.87. The zero-order chi connectivity index (χ0) is 15.3. The van der Waals surface area contributed by atoms with Crippen LogP contribution in [0.25, 0.3) is 0 Å². The van der Waals surface area contributed by atoms with Crippen molar-refractivity contribution in [3.63, 3.8) is 0 Å². The van der Waals surface area contributed by atoms with Crippen LogP contribution in [0.2, 0.25) is 0 Å². The van der Waals surface area contributed by atoms with E-state index in [1.165, 1.54) is 16.9 Å². The van der Waals surface area contributed by atoms with Gasteiger partial charge in [-0.2, -0.15) is 0 Å². The summed E-state index contributed by atoms with van der Waals surface area (Å²) in [4.78, 5) is 4.96. The maximum Gasteiger partial charge on any atom is 0.0767 e. The van der Waals surface area contributed by atoms with E-state index in [0.717, 1.165) is 0 Å². The van der Waals surface area contributed by atoms with Crippen molar-refractivity contribution in [2.45, 2.75) is 38.4 Å². The Balaban J connectivity index is 1.69. The van der Waals surface area contributed by atoms with Gasteiger partial charge in [0.15, 0.2) is 0 Å². The van der Waals surface area contributed by atoms with Crippen LogP contribution < -0.4 is 9.80 Å². The highest BCUT2D eigenvalue weighted by atomic mass is 15.4. The molecule has 0 spiro atoms. The van der Waals surface area contributed by atoms with Gasteiger partial charge in [-0.3, -0.25) is 0 Å². The van der Waals surface area contributed by atoms with E-state index in [0.29, 0.717) is 12.1 Å². The van der Waals surface area contributed by atoms with Gasteiger partial charge < -0.3 is 9.80 Å². The van der Waals surface area contributed by atoms with Crippen LogP contribution in [-0.4, -0.2) is 17.6 Å². The molecule has 0 saturated carbocycles. The molecule has 2 aromatic rings. The Hall–Kier alpha value is -2.22. The van der Waals surface area contributed by atoms with E-state index in [-0.39, 0.29) is 5.54 Å². The van der Waals surface area contributed by atoms with Gasteiger partial charge in [-0.05, 0) is 50.6 Å². The Labute approximate surface area is 132 Å². The second kappa shape index (κ2) is 4.64. The molecule has 1 unspecified atom stereocenters. The first-order valence-corrected chi connectivity index (χ1v) is 7.97. The number of fused-ring (bicyclic) bond motifs is 1. The molecule has 0 N–H and O–H groups in total. The normalized spacial score (nSPS) is 25.0. The molecule has 4 rings (SSSR count). The topological polar surface area (TPSA) is 6.25 Å². The zero-order valence-corrected chi connectivity index (χ0v) is 13.4. The van der Waals surface area contributed by atoms with Crippen molar-refractivity contribution in [2.24, 2.45) is 0 Å². The highest BCUT2D eigenvalue weighted by Crippen LogP contribution is 2.49. The molecular formula is C20H22N2. The molecule has 2 aromatic carbocycles. The summed E-state index contributed by atoms with van der Waals surface area (Å²) in [5.41, 5.74) is 4.06. The van der Waals surface area contributed by atoms with E-state index in [9.17, 15) is 0 Å². The van der Waals surface area contributed by atoms with Crippen molar-refractivity contribution >= 4 is 11.4 Å². The van der Waals surface area contributed by atoms with Crippen molar-refractivity contribution in [2.75, 3.05) is 9.80 Å². The van der Waals surface area contributed by atoms with Crippen LogP contribution >= 0.6 is 0 Å².